The highest BCUT2D eigenvalue weighted by molar-refractivity contribution is 5.86. The molecule has 0 spiro atoms. The second-order valence-electron chi connectivity index (χ2n) is 6.00. The number of amides is 3. The van der Waals surface area contributed by atoms with Crippen molar-refractivity contribution in [1.29, 1.82) is 0 Å². The predicted octanol–water partition coefficient (Wildman–Crippen LogP) is 0.643. The lowest BCUT2D eigenvalue weighted by Gasteiger charge is -2.23. The first-order valence-electron chi connectivity index (χ1n) is 7.65. The third kappa shape index (κ3) is 4.08. The van der Waals surface area contributed by atoms with Gasteiger partial charge in [-0.1, -0.05) is 19.3 Å². The minimum atomic E-state index is -2.37. The molecule has 2 fully saturated rings. The molecule has 1 aliphatic heterocycles. The number of carbonyl (C=O) groups excluding carboxylic acids is 2. The summed E-state index contributed by atoms with van der Waals surface area (Å²) in [5.74, 6) is -2.02. The number of carbonyl (C=O) groups is 3. The number of nitrogens with zero attached hydrogens (tertiary/aromatic N) is 1. The smallest absolute Gasteiger partial charge is 0.343 e. The molecule has 8 heteroatoms. The van der Waals surface area contributed by atoms with Crippen LogP contribution in [0.25, 0.3) is 0 Å². The standard InChI is InChI=1S/C14H22FN3O4/c15-14(12(20)21)6-7-18(9-14)11(19)8-16-13(22)17-10-4-2-1-3-5-10/h10H,1-9H2,(H,20,21)(H2,16,17,22). The molecule has 1 heterocycles. The van der Waals surface area contributed by atoms with Crippen LogP contribution in [0.5, 0.6) is 0 Å². The van der Waals surface area contributed by atoms with Crippen LogP contribution in [0.4, 0.5) is 9.18 Å². The number of hydrogen-bond acceptors (Lipinski definition) is 3. The van der Waals surface area contributed by atoms with Gasteiger partial charge < -0.3 is 20.6 Å². The Bertz CT molecular complexity index is 453. The van der Waals surface area contributed by atoms with Crippen molar-refractivity contribution in [3.63, 3.8) is 0 Å². The molecule has 1 atom stereocenters. The minimum absolute atomic E-state index is 0.0492. The molecule has 7 nitrogen and oxygen atoms in total. The van der Waals surface area contributed by atoms with Crippen LogP contribution in [0.15, 0.2) is 0 Å². The Morgan fingerprint density at radius 2 is 1.91 bits per heavy atom. The average Bonchev–Trinajstić information content (AvgIpc) is 2.90. The fourth-order valence-corrected chi connectivity index (χ4v) is 2.91. The maximum atomic E-state index is 13.9. The van der Waals surface area contributed by atoms with Crippen molar-refractivity contribution in [2.75, 3.05) is 19.6 Å². The Balaban J connectivity index is 1.71. The third-order valence-corrected chi connectivity index (χ3v) is 4.30. The lowest BCUT2D eigenvalue weighted by Crippen LogP contribution is -2.47. The number of carboxylic acid groups (broad SMARTS) is 1. The summed E-state index contributed by atoms with van der Waals surface area (Å²) in [5.41, 5.74) is -2.37. The van der Waals surface area contributed by atoms with Crippen LogP contribution in [-0.4, -0.2) is 59.3 Å². The summed E-state index contributed by atoms with van der Waals surface area (Å²) in [7, 11) is 0. The van der Waals surface area contributed by atoms with Gasteiger partial charge in [0.25, 0.3) is 0 Å². The molecule has 0 bridgehead atoms. The molecule has 0 radical (unpaired) electrons. The zero-order valence-corrected chi connectivity index (χ0v) is 12.4. The van der Waals surface area contributed by atoms with E-state index in [4.69, 9.17) is 5.11 Å². The molecule has 1 saturated heterocycles. The zero-order chi connectivity index (χ0) is 16.2. The van der Waals surface area contributed by atoms with Crippen molar-refractivity contribution < 1.29 is 23.9 Å². The largest absolute Gasteiger partial charge is 0.479 e. The van der Waals surface area contributed by atoms with Crippen molar-refractivity contribution in [2.24, 2.45) is 0 Å². The van der Waals surface area contributed by atoms with Crippen LogP contribution in [0, 0.1) is 0 Å². The molecule has 0 aromatic rings. The van der Waals surface area contributed by atoms with E-state index in [2.05, 4.69) is 10.6 Å². The van der Waals surface area contributed by atoms with Gasteiger partial charge in [0.15, 0.2) is 0 Å². The van der Waals surface area contributed by atoms with Gasteiger partial charge in [0, 0.05) is 19.0 Å². The van der Waals surface area contributed by atoms with Gasteiger partial charge in [0.2, 0.25) is 11.6 Å². The van der Waals surface area contributed by atoms with Crippen LogP contribution in [-0.2, 0) is 9.59 Å². The van der Waals surface area contributed by atoms with E-state index >= 15 is 0 Å². The summed E-state index contributed by atoms with van der Waals surface area (Å²) in [6, 6.07) is -0.273. The maximum Gasteiger partial charge on any atom is 0.343 e. The fraction of sp³-hybridized carbons (Fsp3) is 0.786. The van der Waals surface area contributed by atoms with Crippen LogP contribution < -0.4 is 10.6 Å². The molecule has 1 saturated carbocycles. The van der Waals surface area contributed by atoms with Crippen molar-refractivity contribution in [1.82, 2.24) is 15.5 Å². The lowest BCUT2D eigenvalue weighted by atomic mass is 9.96. The van der Waals surface area contributed by atoms with E-state index in [1.54, 1.807) is 0 Å². The lowest BCUT2D eigenvalue weighted by molar-refractivity contribution is -0.150. The summed E-state index contributed by atoms with van der Waals surface area (Å²) in [6.45, 7) is -0.672. The molecule has 0 aromatic heterocycles. The summed E-state index contributed by atoms with van der Waals surface area (Å²) >= 11 is 0. The summed E-state index contributed by atoms with van der Waals surface area (Å²) in [5, 5.41) is 14.0. The van der Waals surface area contributed by atoms with E-state index in [0.29, 0.717) is 0 Å². The van der Waals surface area contributed by atoms with Gasteiger partial charge in [-0.25, -0.2) is 14.0 Å². The number of hydrogen-bond donors (Lipinski definition) is 3. The monoisotopic (exact) mass is 315 g/mol. The first-order chi connectivity index (χ1) is 10.4. The normalized spacial score (nSPS) is 25.8. The molecule has 0 aromatic carbocycles. The maximum absolute atomic E-state index is 13.9. The van der Waals surface area contributed by atoms with Crippen LogP contribution >= 0.6 is 0 Å². The SMILES string of the molecule is O=C(NCC(=O)N1CCC(F)(C(=O)O)C1)NC1CCCCC1. The molecule has 124 valence electrons. The minimum Gasteiger partial charge on any atom is -0.479 e. The molecular weight excluding hydrogens is 293 g/mol. The summed E-state index contributed by atoms with van der Waals surface area (Å²) < 4.78 is 13.9. The molecular formula is C14H22FN3O4. The summed E-state index contributed by atoms with van der Waals surface area (Å²) in [6.07, 6.45) is 5.02. The number of nitrogens with one attached hydrogen (secondary N) is 2. The highest BCUT2D eigenvalue weighted by Crippen LogP contribution is 2.25. The molecule has 1 aliphatic carbocycles. The fourth-order valence-electron chi connectivity index (χ4n) is 2.91. The van der Waals surface area contributed by atoms with Crippen molar-refractivity contribution in [3.05, 3.63) is 0 Å². The number of rotatable bonds is 4. The van der Waals surface area contributed by atoms with E-state index in [0.717, 1.165) is 30.6 Å². The van der Waals surface area contributed by atoms with Gasteiger partial charge in [-0.3, -0.25) is 4.79 Å². The number of alkyl halides is 1. The second-order valence-corrected chi connectivity index (χ2v) is 6.00. The number of carboxylic acids is 1. The first kappa shape index (κ1) is 16.5. The molecule has 2 aliphatic rings. The number of halogens is 1. The van der Waals surface area contributed by atoms with Crippen molar-refractivity contribution in [2.45, 2.75) is 50.2 Å². The predicted molar refractivity (Wildman–Crippen MR) is 76.1 cm³/mol. The second kappa shape index (κ2) is 6.93. The molecule has 3 amide bonds. The Kier molecular flexibility index (Phi) is 5.20. The highest BCUT2D eigenvalue weighted by Gasteiger charge is 2.46. The van der Waals surface area contributed by atoms with E-state index in [-0.39, 0.29) is 25.6 Å². The Hall–Kier alpha value is -1.86. The Morgan fingerprint density at radius 1 is 1.23 bits per heavy atom. The molecule has 1 unspecified atom stereocenters. The van der Waals surface area contributed by atoms with E-state index in [1.807, 2.05) is 0 Å². The van der Waals surface area contributed by atoms with Crippen LogP contribution in [0.1, 0.15) is 38.5 Å². The van der Waals surface area contributed by atoms with Crippen molar-refractivity contribution in [3.8, 4) is 0 Å². The summed E-state index contributed by atoms with van der Waals surface area (Å²) in [4.78, 5) is 35.5. The van der Waals surface area contributed by atoms with Crippen LogP contribution in [0.2, 0.25) is 0 Å². The van der Waals surface area contributed by atoms with Gasteiger partial charge in [-0.2, -0.15) is 0 Å². The van der Waals surface area contributed by atoms with Gasteiger partial charge >= 0.3 is 12.0 Å². The molecule has 2 rings (SSSR count). The van der Waals surface area contributed by atoms with Gasteiger partial charge in [0.1, 0.15) is 0 Å². The third-order valence-electron chi connectivity index (χ3n) is 4.30. The molecule has 22 heavy (non-hydrogen) atoms. The quantitative estimate of drug-likeness (QED) is 0.709. The number of urea groups is 1. The zero-order valence-electron chi connectivity index (χ0n) is 12.4. The van der Waals surface area contributed by atoms with Gasteiger partial charge in [0.05, 0.1) is 13.1 Å². The van der Waals surface area contributed by atoms with Crippen molar-refractivity contribution >= 4 is 17.9 Å². The van der Waals surface area contributed by atoms with Gasteiger partial charge in [-0.05, 0) is 12.8 Å². The number of aliphatic carboxylic acids is 1. The Morgan fingerprint density at radius 3 is 2.50 bits per heavy atom. The Labute approximate surface area is 128 Å². The number of likely N-dealkylation sites (tertiary alicyclic amines) is 1. The van der Waals surface area contributed by atoms with E-state index in [1.165, 1.54) is 6.42 Å². The van der Waals surface area contributed by atoms with E-state index < -0.39 is 30.1 Å². The topological polar surface area (TPSA) is 98.7 Å². The van der Waals surface area contributed by atoms with E-state index in [9.17, 15) is 18.8 Å². The van der Waals surface area contributed by atoms with Crippen LogP contribution in [0.3, 0.4) is 0 Å². The first-order valence-corrected chi connectivity index (χ1v) is 7.65. The highest BCUT2D eigenvalue weighted by atomic mass is 19.1. The molecule has 3 N–H and O–H groups in total. The average molecular weight is 315 g/mol. The van der Waals surface area contributed by atoms with Gasteiger partial charge in [-0.15, -0.1) is 0 Å².